The molecule has 0 saturated carbocycles. The van der Waals surface area contributed by atoms with Crippen LogP contribution >= 0.6 is 11.6 Å². The molecular formula is C13H9ClFNO3. The first-order valence-corrected chi connectivity index (χ1v) is 6.09. The fourth-order valence-electron chi connectivity index (χ4n) is 2.28. The molecule has 1 N–H and O–H groups in total. The molecule has 3 rings (SSSR count). The largest absolute Gasteiger partial charge is 0.478 e. The fourth-order valence-corrected chi connectivity index (χ4v) is 2.45. The quantitative estimate of drug-likeness (QED) is 0.666. The molecule has 0 bridgehead atoms. The molecule has 98 valence electrons. The molecule has 0 aromatic heterocycles. The number of hydrogen-bond donors (Lipinski definition) is 1. The zero-order valence-corrected chi connectivity index (χ0v) is 10.4. The minimum Gasteiger partial charge on any atom is -0.478 e. The zero-order chi connectivity index (χ0) is 13.7. The Labute approximate surface area is 113 Å². The lowest BCUT2D eigenvalue weighted by atomic mass is 9.87. The first kappa shape index (κ1) is 12.3. The standard InChI is InChI=1S/C13H9ClFNO3/c14-9-3-6-7(4-10(9)15)12(17)8(13(18)19)5-11(6)16-1-2-16/h3-5,11H,1-2H2,(H,18,19). The lowest BCUT2D eigenvalue weighted by Gasteiger charge is -2.23. The van der Waals surface area contributed by atoms with Crippen molar-refractivity contribution in [1.29, 1.82) is 0 Å². The molecule has 1 saturated heterocycles. The SMILES string of the molecule is O=C(O)C1=CC(N2CC2)c2cc(Cl)c(F)cc2C1=O. The number of carbonyl (C=O) groups excluding carboxylic acids is 1. The summed E-state index contributed by atoms with van der Waals surface area (Å²) in [6.07, 6.45) is 1.41. The van der Waals surface area contributed by atoms with E-state index in [-0.39, 0.29) is 22.2 Å². The highest BCUT2D eigenvalue weighted by atomic mass is 35.5. The number of fused-ring (bicyclic) bond motifs is 1. The molecule has 2 aliphatic rings. The van der Waals surface area contributed by atoms with Crippen molar-refractivity contribution < 1.29 is 19.1 Å². The number of benzene rings is 1. The van der Waals surface area contributed by atoms with Crippen LogP contribution in [0.4, 0.5) is 4.39 Å². The Kier molecular flexibility index (Phi) is 2.69. The average molecular weight is 282 g/mol. The highest BCUT2D eigenvalue weighted by molar-refractivity contribution is 6.31. The number of aliphatic carboxylic acids is 1. The second-order valence-electron chi connectivity index (χ2n) is 4.55. The van der Waals surface area contributed by atoms with Crippen molar-refractivity contribution >= 4 is 23.4 Å². The number of halogens is 2. The fraction of sp³-hybridized carbons (Fsp3) is 0.231. The Morgan fingerprint density at radius 3 is 2.68 bits per heavy atom. The third kappa shape index (κ3) is 1.95. The van der Waals surface area contributed by atoms with E-state index in [2.05, 4.69) is 0 Å². The number of Topliss-reactive ketones (excluding diaryl/α,β-unsaturated/α-hetero) is 1. The Balaban J connectivity index is 2.19. The van der Waals surface area contributed by atoms with Gasteiger partial charge in [-0.15, -0.1) is 0 Å². The lowest BCUT2D eigenvalue weighted by Crippen LogP contribution is -2.24. The number of rotatable bonds is 2. The van der Waals surface area contributed by atoms with Crippen molar-refractivity contribution in [2.24, 2.45) is 0 Å². The van der Waals surface area contributed by atoms with Crippen molar-refractivity contribution in [2.45, 2.75) is 6.04 Å². The molecule has 4 nitrogen and oxygen atoms in total. The van der Waals surface area contributed by atoms with Crippen LogP contribution in [0.15, 0.2) is 23.8 Å². The van der Waals surface area contributed by atoms with Crippen LogP contribution in [0, 0.1) is 5.82 Å². The van der Waals surface area contributed by atoms with Gasteiger partial charge >= 0.3 is 5.97 Å². The monoisotopic (exact) mass is 281 g/mol. The van der Waals surface area contributed by atoms with Gasteiger partial charge in [-0.3, -0.25) is 9.69 Å². The highest BCUT2D eigenvalue weighted by Gasteiger charge is 2.37. The third-order valence-corrected chi connectivity index (χ3v) is 3.62. The molecule has 1 atom stereocenters. The van der Waals surface area contributed by atoms with Gasteiger partial charge in [0.25, 0.3) is 0 Å². The van der Waals surface area contributed by atoms with Gasteiger partial charge < -0.3 is 5.11 Å². The number of hydrogen-bond acceptors (Lipinski definition) is 3. The van der Waals surface area contributed by atoms with Crippen LogP contribution in [0.2, 0.25) is 5.02 Å². The molecule has 6 heteroatoms. The summed E-state index contributed by atoms with van der Waals surface area (Å²) in [6.45, 7) is 1.63. The van der Waals surface area contributed by atoms with Gasteiger partial charge in [0.05, 0.1) is 11.1 Å². The van der Waals surface area contributed by atoms with Crippen LogP contribution in [0.5, 0.6) is 0 Å². The van der Waals surface area contributed by atoms with E-state index in [1.807, 2.05) is 4.90 Å². The summed E-state index contributed by atoms with van der Waals surface area (Å²) in [5.41, 5.74) is 0.337. The topological polar surface area (TPSA) is 57.4 Å². The van der Waals surface area contributed by atoms with Crippen LogP contribution in [-0.4, -0.2) is 34.8 Å². The second kappa shape index (κ2) is 4.15. The van der Waals surface area contributed by atoms with Gasteiger partial charge in [0.2, 0.25) is 5.78 Å². The number of carboxylic acids is 1. The van der Waals surface area contributed by atoms with E-state index in [1.54, 1.807) is 0 Å². The molecular weight excluding hydrogens is 273 g/mol. The van der Waals surface area contributed by atoms with Crippen LogP contribution in [0.25, 0.3) is 0 Å². The minimum absolute atomic E-state index is 0.0643. The van der Waals surface area contributed by atoms with E-state index in [0.717, 1.165) is 19.2 Å². The summed E-state index contributed by atoms with van der Waals surface area (Å²) in [5.74, 6) is -2.68. The summed E-state index contributed by atoms with van der Waals surface area (Å²) < 4.78 is 13.5. The second-order valence-corrected chi connectivity index (χ2v) is 4.96. The average Bonchev–Trinajstić information content (AvgIpc) is 3.16. The van der Waals surface area contributed by atoms with E-state index in [4.69, 9.17) is 16.7 Å². The predicted molar refractivity (Wildman–Crippen MR) is 65.8 cm³/mol. The molecule has 0 amide bonds. The summed E-state index contributed by atoms with van der Waals surface area (Å²) >= 11 is 5.74. The summed E-state index contributed by atoms with van der Waals surface area (Å²) in [7, 11) is 0. The molecule has 19 heavy (non-hydrogen) atoms. The smallest absolute Gasteiger partial charge is 0.339 e. The number of carbonyl (C=O) groups is 2. The number of ketones is 1. The molecule has 1 heterocycles. The van der Waals surface area contributed by atoms with E-state index in [0.29, 0.717) is 5.56 Å². The zero-order valence-electron chi connectivity index (χ0n) is 9.69. The molecule has 1 aliphatic carbocycles. The predicted octanol–water partition coefficient (Wildman–Crippen LogP) is 2.04. The summed E-state index contributed by atoms with van der Waals surface area (Å²) in [5, 5.41) is 8.99. The first-order chi connectivity index (χ1) is 8.99. The van der Waals surface area contributed by atoms with Crippen molar-refractivity contribution in [3.05, 3.63) is 45.7 Å². The van der Waals surface area contributed by atoms with Gasteiger partial charge in [0.1, 0.15) is 11.4 Å². The van der Waals surface area contributed by atoms with E-state index in [1.165, 1.54) is 12.1 Å². The normalized spacial score (nSPS) is 21.9. The molecule has 1 aromatic carbocycles. The molecule has 0 spiro atoms. The molecule has 1 fully saturated rings. The maximum Gasteiger partial charge on any atom is 0.339 e. The molecule has 1 aromatic rings. The maximum absolute atomic E-state index is 13.5. The van der Waals surface area contributed by atoms with Crippen molar-refractivity contribution in [3.63, 3.8) is 0 Å². The van der Waals surface area contributed by atoms with E-state index in [9.17, 15) is 14.0 Å². The summed E-state index contributed by atoms with van der Waals surface area (Å²) in [4.78, 5) is 25.1. The molecule has 1 unspecified atom stereocenters. The van der Waals surface area contributed by atoms with Crippen LogP contribution in [-0.2, 0) is 4.79 Å². The highest BCUT2D eigenvalue weighted by Crippen LogP contribution is 2.38. The van der Waals surface area contributed by atoms with Gasteiger partial charge in [-0.1, -0.05) is 11.6 Å². The van der Waals surface area contributed by atoms with Crippen LogP contribution < -0.4 is 0 Å². The summed E-state index contributed by atoms with van der Waals surface area (Å²) in [6, 6.07) is 2.10. The Hall–Kier alpha value is -1.72. The maximum atomic E-state index is 13.5. The Morgan fingerprint density at radius 1 is 1.42 bits per heavy atom. The van der Waals surface area contributed by atoms with Crippen molar-refractivity contribution in [1.82, 2.24) is 4.90 Å². The van der Waals surface area contributed by atoms with Gasteiger partial charge in [-0.05, 0) is 23.8 Å². The van der Waals surface area contributed by atoms with E-state index >= 15 is 0 Å². The van der Waals surface area contributed by atoms with Gasteiger partial charge in [0, 0.05) is 18.7 Å². The van der Waals surface area contributed by atoms with Crippen molar-refractivity contribution in [2.75, 3.05) is 13.1 Å². The number of carboxylic acid groups (broad SMARTS) is 1. The molecule has 1 aliphatic heterocycles. The van der Waals surface area contributed by atoms with Crippen LogP contribution in [0.3, 0.4) is 0 Å². The third-order valence-electron chi connectivity index (χ3n) is 3.33. The van der Waals surface area contributed by atoms with E-state index < -0.39 is 17.6 Å². The lowest BCUT2D eigenvalue weighted by molar-refractivity contribution is -0.132. The van der Waals surface area contributed by atoms with Crippen molar-refractivity contribution in [3.8, 4) is 0 Å². The minimum atomic E-state index is -1.29. The van der Waals surface area contributed by atoms with Gasteiger partial charge in [-0.2, -0.15) is 0 Å². The molecule has 0 radical (unpaired) electrons. The van der Waals surface area contributed by atoms with Gasteiger partial charge in [-0.25, -0.2) is 9.18 Å². The first-order valence-electron chi connectivity index (χ1n) is 5.72. The number of nitrogens with zero attached hydrogens (tertiary/aromatic N) is 1. The van der Waals surface area contributed by atoms with Crippen LogP contribution in [0.1, 0.15) is 22.0 Å². The van der Waals surface area contributed by atoms with Gasteiger partial charge in [0.15, 0.2) is 0 Å². The Bertz CT molecular complexity index is 637. The Morgan fingerprint density at radius 2 is 2.11 bits per heavy atom.